The molecular formula is C45H62Cl2F4. The molecule has 6 heteroatoms. The second kappa shape index (κ2) is 18.8. The van der Waals surface area contributed by atoms with E-state index in [1.807, 2.05) is 86.6 Å². The van der Waals surface area contributed by atoms with Gasteiger partial charge in [0.25, 0.3) is 0 Å². The van der Waals surface area contributed by atoms with Gasteiger partial charge in [-0.2, -0.15) is 0 Å². The molecule has 0 aliphatic rings. The van der Waals surface area contributed by atoms with E-state index in [1.54, 1.807) is 39.0 Å². The summed E-state index contributed by atoms with van der Waals surface area (Å²) in [6.07, 6.45) is 0. The molecule has 0 N–H and O–H groups in total. The van der Waals surface area contributed by atoms with Crippen LogP contribution in [-0.4, -0.2) is 0 Å². The van der Waals surface area contributed by atoms with Crippen LogP contribution in [-0.2, 0) is 21.7 Å². The molecule has 0 unspecified atom stereocenters. The van der Waals surface area contributed by atoms with Crippen molar-refractivity contribution in [1.82, 2.24) is 0 Å². The number of aryl methyl sites for hydroxylation is 4. The van der Waals surface area contributed by atoms with Crippen LogP contribution in [0.1, 0.15) is 135 Å². The van der Waals surface area contributed by atoms with Gasteiger partial charge >= 0.3 is 0 Å². The highest BCUT2D eigenvalue weighted by Gasteiger charge is 2.22. The highest BCUT2D eigenvalue weighted by atomic mass is 35.5. The second-order valence-electron chi connectivity index (χ2n) is 17.1. The summed E-state index contributed by atoms with van der Waals surface area (Å²) in [5.41, 5.74) is 5.68. The van der Waals surface area contributed by atoms with Crippen LogP contribution in [0.4, 0.5) is 17.6 Å². The van der Waals surface area contributed by atoms with Crippen LogP contribution in [0.15, 0.2) is 60.7 Å². The Morgan fingerprint density at radius 1 is 0.431 bits per heavy atom. The highest BCUT2D eigenvalue weighted by molar-refractivity contribution is 6.31. The van der Waals surface area contributed by atoms with Crippen molar-refractivity contribution in [3.05, 3.63) is 138 Å². The molecule has 0 fully saturated rings. The van der Waals surface area contributed by atoms with Gasteiger partial charge in [0.05, 0.1) is 0 Å². The van der Waals surface area contributed by atoms with Crippen LogP contribution >= 0.6 is 23.2 Å². The quantitative estimate of drug-likeness (QED) is 0.157. The zero-order chi connectivity index (χ0) is 39.2. The third-order valence-electron chi connectivity index (χ3n) is 7.96. The molecule has 284 valence electrons. The van der Waals surface area contributed by atoms with Gasteiger partial charge in [0.2, 0.25) is 0 Å². The Bertz CT molecular complexity index is 1640. The lowest BCUT2D eigenvalue weighted by Gasteiger charge is -2.20. The first kappa shape index (κ1) is 48.2. The summed E-state index contributed by atoms with van der Waals surface area (Å²) < 4.78 is 53.6. The normalized spacial score (nSPS) is 11.6. The molecule has 0 saturated carbocycles. The van der Waals surface area contributed by atoms with Crippen LogP contribution in [0.25, 0.3) is 0 Å². The summed E-state index contributed by atoms with van der Waals surface area (Å²) in [6.45, 7) is 31.3. The fraction of sp³-hybridized carbons (Fsp3) is 0.467. The fourth-order valence-corrected chi connectivity index (χ4v) is 5.50. The maximum absolute atomic E-state index is 13.6. The number of benzene rings is 4. The average molecular weight is 750 g/mol. The van der Waals surface area contributed by atoms with Crippen LogP contribution < -0.4 is 0 Å². The smallest absolute Gasteiger partial charge is 0.130 e. The zero-order valence-electron chi connectivity index (χ0n) is 33.0. The molecule has 0 nitrogen and oxygen atoms in total. The molecular weight excluding hydrogens is 687 g/mol. The first-order valence-corrected chi connectivity index (χ1v) is 17.7. The Morgan fingerprint density at radius 2 is 0.843 bits per heavy atom. The lowest BCUT2D eigenvalue weighted by atomic mass is 9.85. The van der Waals surface area contributed by atoms with Gasteiger partial charge in [0.1, 0.15) is 23.3 Å². The zero-order valence-corrected chi connectivity index (χ0v) is 34.6. The Labute approximate surface area is 318 Å². The molecule has 0 aliphatic carbocycles. The molecule has 0 radical (unpaired) electrons. The maximum atomic E-state index is 13.6. The summed E-state index contributed by atoms with van der Waals surface area (Å²) in [7, 11) is 0. The molecule has 0 heterocycles. The first-order valence-electron chi connectivity index (χ1n) is 16.9. The Balaban J connectivity index is 0.000000650. The largest absolute Gasteiger partial charge is 0.207 e. The minimum Gasteiger partial charge on any atom is -0.207 e. The number of hydrogen-bond acceptors (Lipinski definition) is 0. The minimum absolute atomic E-state index is 0. The standard InChI is InChI=1S/C11H14ClF.C11H15Cl.C11H14F2.C11H15F.CH4/c1-7-5-8(12)6-9(10(7)13)11(2,3)4;1-8-5-9(11(2,3)4)7-10(12)6-8;1-7-5-8(12)6-9(10(7)13)11(2,3)4;1-8-6-5-7-9(10(8)12)11(2,3)4;/h5-6H,1-4H3;5-7H,1-4H3;5-6H,1-4H3;5-7H,1-4H3;1H4. The van der Waals surface area contributed by atoms with E-state index >= 15 is 0 Å². The van der Waals surface area contributed by atoms with Crippen molar-refractivity contribution >= 4 is 23.2 Å². The molecule has 0 aromatic heterocycles. The van der Waals surface area contributed by atoms with E-state index in [0.717, 1.165) is 16.1 Å². The SMILES string of the molecule is C.Cc1cc(Cl)cc(C(C)(C)C)c1.Cc1cc(Cl)cc(C(C)(C)C)c1F.Cc1cc(F)cc(C(C)(C)C)c1F.Cc1cccc(C(C)(C)C)c1F. The molecule has 4 aromatic rings. The van der Waals surface area contributed by atoms with Gasteiger partial charge in [-0.25, -0.2) is 17.6 Å². The predicted molar refractivity (Wildman–Crippen MR) is 216 cm³/mol. The van der Waals surface area contributed by atoms with E-state index in [4.69, 9.17) is 23.2 Å². The van der Waals surface area contributed by atoms with Crippen molar-refractivity contribution in [2.24, 2.45) is 0 Å². The molecule has 0 bridgehead atoms. The van der Waals surface area contributed by atoms with Gasteiger partial charge in [-0.15, -0.1) is 0 Å². The molecule has 0 saturated heterocycles. The minimum atomic E-state index is -0.371. The van der Waals surface area contributed by atoms with Crippen molar-refractivity contribution in [2.45, 2.75) is 140 Å². The maximum Gasteiger partial charge on any atom is 0.130 e. The Hall–Kier alpha value is -2.82. The number of rotatable bonds is 0. The van der Waals surface area contributed by atoms with Crippen LogP contribution in [0.2, 0.25) is 10.0 Å². The Kier molecular flexibility index (Phi) is 17.7. The Morgan fingerprint density at radius 3 is 1.25 bits per heavy atom. The van der Waals surface area contributed by atoms with E-state index in [0.29, 0.717) is 27.3 Å². The predicted octanol–water partition coefficient (Wildman–Crippen LogP) is 15.7. The molecule has 0 atom stereocenters. The molecule has 51 heavy (non-hydrogen) atoms. The summed E-state index contributed by atoms with van der Waals surface area (Å²) >= 11 is 11.8. The topological polar surface area (TPSA) is 0 Å². The van der Waals surface area contributed by atoms with E-state index in [2.05, 4.69) is 33.8 Å². The van der Waals surface area contributed by atoms with Crippen LogP contribution in [0, 0.1) is 51.0 Å². The van der Waals surface area contributed by atoms with Gasteiger partial charge in [-0.3, -0.25) is 0 Å². The monoisotopic (exact) mass is 748 g/mol. The van der Waals surface area contributed by atoms with Gasteiger partial charge in [-0.1, -0.05) is 138 Å². The third kappa shape index (κ3) is 15.4. The highest BCUT2D eigenvalue weighted by Crippen LogP contribution is 2.31. The van der Waals surface area contributed by atoms with E-state index in [1.165, 1.54) is 23.3 Å². The number of hydrogen-bond donors (Lipinski definition) is 0. The first-order chi connectivity index (χ1) is 22.5. The number of halogens is 6. The molecule has 0 amide bonds. The fourth-order valence-electron chi connectivity index (χ4n) is 4.94. The molecule has 4 rings (SSSR count). The van der Waals surface area contributed by atoms with Gasteiger partial charge in [0, 0.05) is 10.0 Å². The summed E-state index contributed by atoms with van der Waals surface area (Å²) in [5.74, 6) is -0.875. The van der Waals surface area contributed by atoms with Crippen molar-refractivity contribution < 1.29 is 17.6 Å². The second-order valence-corrected chi connectivity index (χ2v) is 18.0. The van der Waals surface area contributed by atoms with E-state index < -0.39 is 0 Å². The van der Waals surface area contributed by atoms with Crippen LogP contribution in [0.5, 0.6) is 0 Å². The summed E-state index contributed by atoms with van der Waals surface area (Å²) in [4.78, 5) is 0. The lowest BCUT2D eigenvalue weighted by molar-refractivity contribution is 0.506. The molecule has 0 spiro atoms. The molecule has 4 aromatic carbocycles. The van der Waals surface area contributed by atoms with Crippen molar-refractivity contribution in [3.63, 3.8) is 0 Å². The summed E-state index contributed by atoms with van der Waals surface area (Å²) in [6, 6.07) is 17.6. The molecule has 0 aliphatic heterocycles. The van der Waals surface area contributed by atoms with E-state index in [-0.39, 0.29) is 52.4 Å². The van der Waals surface area contributed by atoms with Crippen molar-refractivity contribution in [3.8, 4) is 0 Å². The third-order valence-corrected chi connectivity index (χ3v) is 8.40. The van der Waals surface area contributed by atoms with Crippen molar-refractivity contribution in [2.75, 3.05) is 0 Å². The van der Waals surface area contributed by atoms with Crippen molar-refractivity contribution in [1.29, 1.82) is 0 Å². The van der Waals surface area contributed by atoms with Crippen LogP contribution in [0.3, 0.4) is 0 Å². The lowest BCUT2D eigenvalue weighted by Crippen LogP contribution is -2.14. The summed E-state index contributed by atoms with van der Waals surface area (Å²) in [5, 5.41) is 1.43. The average Bonchev–Trinajstić information content (AvgIpc) is 2.92. The van der Waals surface area contributed by atoms with Gasteiger partial charge in [0.15, 0.2) is 0 Å². The van der Waals surface area contributed by atoms with Gasteiger partial charge in [-0.05, 0) is 130 Å². The van der Waals surface area contributed by atoms with E-state index in [9.17, 15) is 17.6 Å². The van der Waals surface area contributed by atoms with Gasteiger partial charge < -0.3 is 0 Å².